The van der Waals surface area contributed by atoms with E-state index >= 15 is 0 Å². The lowest BCUT2D eigenvalue weighted by Gasteiger charge is -2.23. The van der Waals surface area contributed by atoms with Crippen LogP contribution in [0, 0.1) is 11.3 Å². The molecule has 0 amide bonds. The predicted molar refractivity (Wildman–Crippen MR) is 77.6 cm³/mol. The summed E-state index contributed by atoms with van der Waals surface area (Å²) in [6.45, 7) is 2.44. The normalized spacial score (nSPS) is 18.5. The molecule has 2 rings (SSSR count). The molecule has 0 bridgehead atoms. The van der Waals surface area contributed by atoms with Crippen molar-refractivity contribution in [3.05, 3.63) is 29.3 Å². The first kappa shape index (κ1) is 14.8. The van der Waals surface area contributed by atoms with Crippen LogP contribution in [0.15, 0.2) is 18.2 Å². The van der Waals surface area contributed by atoms with Crippen LogP contribution in [0.2, 0.25) is 0 Å². The molecule has 4 heteroatoms. The van der Waals surface area contributed by atoms with E-state index in [2.05, 4.69) is 11.4 Å². The summed E-state index contributed by atoms with van der Waals surface area (Å²) in [6.07, 6.45) is 4.92. The number of nitrogens with one attached hydrogen (secondary N) is 1. The van der Waals surface area contributed by atoms with E-state index in [-0.39, 0.29) is 0 Å². The Bertz CT molecular complexity index is 462. The molecule has 1 aliphatic rings. The molecule has 20 heavy (non-hydrogen) atoms. The molecule has 4 nitrogen and oxygen atoms in total. The lowest BCUT2D eigenvalue weighted by molar-refractivity contribution is 0.108. The molecule has 1 saturated heterocycles. The SMILES string of the molecule is COc1ccc(COCCC2CCCCN2)cc1C#N. The van der Waals surface area contributed by atoms with Crippen molar-refractivity contribution >= 4 is 0 Å². The monoisotopic (exact) mass is 274 g/mol. The van der Waals surface area contributed by atoms with Crippen LogP contribution in [0.25, 0.3) is 0 Å². The van der Waals surface area contributed by atoms with E-state index in [1.54, 1.807) is 7.11 Å². The van der Waals surface area contributed by atoms with Crippen molar-refractivity contribution in [1.82, 2.24) is 5.32 Å². The first-order valence-corrected chi connectivity index (χ1v) is 7.21. The highest BCUT2D eigenvalue weighted by Gasteiger charge is 2.11. The van der Waals surface area contributed by atoms with Crippen LogP contribution in [-0.4, -0.2) is 26.3 Å². The van der Waals surface area contributed by atoms with Gasteiger partial charge in [0.15, 0.2) is 0 Å². The molecule has 0 saturated carbocycles. The summed E-state index contributed by atoms with van der Waals surface area (Å²) >= 11 is 0. The fraction of sp³-hybridized carbons (Fsp3) is 0.562. The van der Waals surface area contributed by atoms with Gasteiger partial charge in [0.1, 0.15) is 11.8 Å². The van der Waals surface area contributed by atoms with Gasteiger partial charge >= 0.3 is 0 Å². The van der Waals surface area contributed by atoms with Gasteiger partial charge in [0, 0.05) is 12.6 Å². The quantitative estimate of drug-likeness (QED) is 0.810. The second-order valence-electron chi connectivity index (χ2n) is 5.13. The van der Waals surface area contributed by atoms with Crippen LogP contribution in [0.5, 0.6) is 5.75 Å². The minimum Gasteiger partial charge on any atom is -0.495 e. The predicted octanol–water partition coefficient (Wildman–Crippen LogP) is 2.62. The van der Waals surface area contributed by atoms with Gasteiger partial charge in [0.05, 0.1) is 19.3 Å². The number of piperidine rings is 1. The molecule has 1 unspecified atom stereocenters. The molecule has 1 N–H and O–H groups in total. The van der Waals surface area contributed by atoms with Crippen molar-refractivity contribution in [3.63, 3.8) is 0 Å². The van der Waals surface area contributed by atoms with Crippen LogP contribution < -0.4 is 10.1 Å². The van der Waals surface area contributed by atoms with Gasteiger partial charge < -0.3 is 14.8 Å². The van der Waals surface area contributed by atoms with Crippen LogP contribution in [0.4, 0.5) is 0 Å². The zero-order valence-electron chi connectivity index (χ0n) is 12.0. The molecule has 0 spiro atoms. The fourth-order valence-corrected chi connectivity index (χ4v) is 2.52. The van der Waals surface area contributed by atoms with E-state index in [0.29, 0.717) is 24.0 Å². The first-order valence-electron chi connectivity index (χ1n) is 7.21. The van der Waals surface area contributed by atoms with E-state index in [4.69, 9.17) is 14.7 Å². The number of nitrogens with zero attached hydrogens (tertiary/aromatic N) is 1. The van der Waals surface area contributed by atoms with Gasteiger partial charge in [-0.05, 0) is 43.5 Å². The first-order chi connectivity index (χ1) is 9.83. The fourth-order valence-electron chi connectivity index (χ4n) is 2.52. The molecule has 1 aliphatic heterocycles. The third-order valence-corrected chi connectivity index (χ3v) is 3.68. The largest absolute Gasteiger partial charge is 0.495 e. The molecule has 0 aromatic heterocycles. The molecule has 0 radical (unpaired) electrons. The molecule has 1 aromatic carbocycles. The van der Waals surface area contributed by atoms with E-state index in [1.807, 2.05) is 18.2 Å². The lowest BCUT2D eigenvalue weighted by Crippen LogP contribution is -2.34. The Labute approximate surface area is 120 Å². The molecule has 1 fully saturated rings. The number of benzene rings is 1. The number of hydrogen-bond acceptors (Lipinski definition) is 4. The average molecular weight is 274 g/mol. The average Bonchev–Trinajstić information content (AvgIpc) is 2.52. The van der Waals surface area contributed by atoms with Gasteiger partial charge in [0.25, 0.3) is 0 Å². The standard InChI is InChI=1S/C16H22N2O2/c1-19-16-6-5-13(10-14(16)11-17)12-20-9-7-15-4-2-3-8-18-15/h5-6,10,15,18H,2-4,7-9,12H2,1H3. The third-order valence-electron chi connectivity index (χ3n) is 3.68. The maximum atomic E-state index is 9.04. The second-order valence-corrected chi connectivity index (χ2v) is 5.13. The Hall–Kier alpha value is -1.57. The van der Waals surface area contributed by atoms with E-state index in [0.717, 1.165) is 25.1 Å². The summed E-state index contributed by atoms with van der Waals surface area (Å²) in [4.78, 5) is 0. The highest BCUT2D eigenvalue weighted by atomic mass is 16.5. The van der Waals surface area contributed by atoms with Gasteiger partial charge in [-0.2, -0.15) is 5.26 Å². The second kappa shape index (κ2) is 7.88. The Balaban J connectivity index is 1.75. The Morgan fingerprint density at radius 2 is 2.30 bits per heavy atom. The molecule has 1 heterocycles. The van der Waals surface area contributed by atoms with Crippen LogP contribution in [0.1, 0.15) is 36.8 Å². The van der Waals surface area contributed by atoms with Gasteiger partial charge in [-0.1, -0.05) is 12.5 Å². The smallest absolute Gasteiger partial charge is 0.136 e. The van der Waals surface area contributed by atoms with E-state index in [1.165, 1.54) is 19.3 Å². The molecular weight excluding hydrogens is 252 g/mol. The zero-order chi connectivity index (χ0) is 14.2. The van der Waals surface area contributed by atoms with Crippen LogP contribution in [-0.2, 0) is 11.3 Å². The zero-order valence-corrected chi connectivity index (χ0v) is 12.0. The van der Waals surface area contributed by atoms with E-state index < -0.39 is 0 Å². The van der Waals surface area contributed by atoms with Crippen molar-refractivity contribution in [2.24, 2.45) is 0 Å². The third kappa shape index (κ3) is 4.22. The molecule has 108 valence electrons. The van der Waals surface area contributed by atoms with Gasteiger partial charge in [-0.25, -0.2) is 0 Å². The number of methoxy groups -OCH3 is 1. The minimum absolute atomic E-state index is 0.547. The molecule has 1 aromatic rings. The van der Waals surface area contributed by atoms with Crippen molar-refractivity contribution in [2.45, 2.75) is 38.3 Å². The number of ether oxygens (including phenoxy) is 2. The molecule has 0 aliphatic carbocycles. The van der Waals surface area contributed by atoms with Crippen LogP contribution in [0.3, 0.4) is 0 Å². The van der Waals surface area contributed by atoms with Crippen LogP contribution >= 0.6 is 0 Å². The topological polar surface area (TPSA) is 54.3 Å². The number of rotatable bonds is 6. The molecule has 1 atom stereocenters. The van der Waals surface area contributed by atoms with Crippen molar-refractivity contribution < 1.29 is 9.47 Å². The summed E-state index contributed by atoms with van der Waals surface area (Å²) in [6, 6.07) is 8.34. The maximum absolute atomic E-state index is 9.04. The summed E-state index contributed by atoms with van der Waals surface area (Å²) in [5, 5.41) is 12.5. The Morgan fingerprint density at radius 1 is 1.40 bits per heavy atom. The van der Waals surface area contributed by atoms with Crippen molar-refractivity contribution in [2.75, 3.05) is 20.3 Å². The van der Waals surface area contributed by atoms with Gasteiger partial charge in [-0.3, -0.25) is 0 Å². The summed E-state index contributed by atoms with van der Waals surface area (Å²) in [5.41, 5.74) is 1.57. The van der Waals surface area contributed by atoms with Crippen molar-refractivity contribution in [1.29, 1.82) is 5.26 Å². The Morgan fingerprint density at radius 3 is 3.00 bits per heavy atom. The highest BCUT2D eigenvalue weighted by molar-refractivity contribution is 5.45. The summed E-state index contributed by atoms with van der Waals surface area (Å²) < 4.78 is 10.8. The maximum Gasteiger partial charge on any atom is 0.136 e. The summed E-state index contributed by atoms with van der Waals surface area (Å²) in [5.74, 6) is 0.614. The number of hydrogen-bond donors (Lipinski definition) is 1. The molecular formula is C16H22N2O2. The minimum atomic E-state index is 0.547. The van der Waals surface area contributed by atoms with Crippen molar-refractivity contribution in [3.8, 4) is 11.8 Å². The van der Waals surface area contributed by atoms with E-state index in [9.17, 15) is 0 Å². The highest BCUT2D eigenvalue weighted by Crippen LogP contribution is 2.19. The Kier molecular flexibility index (Phi) is 5.85. The lowest BCUT2D eigenvalue weighted by atomic mass is 10.0. The van der Waals surface area contributed by atoms with Gasteiger partial charge in [-0.15, -0.1) is 0 Å². The summed E-state index contributed by atoms with van der Waals surface area (Å²) in [7, 11) is 1.57. The van der Waals surface area contributed by atoms with Gasteiger partial charge in [0.2, 0.25) is 0 Å². The number of nitriles is 1.